The van der Waals surface area contributed by atoms with Crippen LogP contribution >= 0.6 is 15.9 Å². The molecule has 0 saturated carbocycles. The van der Waals surface area contributed by atoms with Gasteiger partial charge in [-0.05, 0) is 46.3 Å². The van der Waals surface area contributed by atoms with Crippen LogP contribution in [0.1, 0.15) is 10.5 Å². The quantitative estimate of drug-likeness (QED) is 0.838. The van der Waals surface area contributed by atoms with E-state index in [1.807, 2.05) is 0 Å². The number of nitrogens with zero attached hydrogens (tertiary/aromatic N) is 1. The molecule has 0 bridgehead atoms. The Hall–Kier alpha value is -1.95. The standard InChI is InChI=1S/C12H9BrFN3O/c13-7-1-4-11(16-6-7)12(18)17-8-2-3-9(14)10(15)5-8/h1-6H,15H2,(H,17,18). The van der Waals surface area contributed by atoms with Gasteiger partial charge in [-0.2, -0.15) is 0 Å². The molecule has 18 heavy (non-hydrogen) atoms. The molecule has 2 aromatic rings. The van der Waals surface area contributed by atoms with E-state index >= 15 is 0 Å². The minimum absolute atomic E-state index is 0.0171. The van der Waals surface area contributed by atoms with Gasteiger partial charge in [-0.1, -0.05) is 0 Å². The first-order valence-electron chi connectivity index (χ1n) is 5.04. The summed E-state index contributed by atoms with van der Waals surface area (Å²) in [5, 5.41) is 2.58. The summed E-state index contributed by atoms with van der Waals surface area (Å²) in [6.45, 7) is 0. The van der Waals surface area contributed by atoms with Crippen molar-refractivity contribution < 1.29 is 9.18 Å². The molecule has 0 spiro atoms. The van der Waals surface area contributed by atoms with E-state index < -0.39 is 5.82 Å². The molecule has 0 aliphatic rings. The summed E-state index contributed by atoms with van der Waals surface area (Å²) in [7, 11) is 0. The third kappa shape index (κ3) is 2.84. The molecule has 0 fully saturated rings. The van der Waals surface area contributed by atoms with Gasteiger partial charge < -0.3 is 11.1 Å². The number of amides is 1. The predicted octanol–water partition coefficient (Wildman–Crippen LogP) is 2.82. The molecule has 3 N–H and O–H groups in total. The molecule has 0 radical (unpaired) electrons. The van der Waals surface area contributed by atoms with Gasteiger partial charge >= 0.3 is 0 Å². The number of anilines is 2. The first-order valence-corrected chi connectivity index (χ1v) is 5.83. The Kier molecular flexibility index (Phi) is 3.57. The maximum atomic E-state index is 12.9. The van der Waals surface area contributed by atoms with Crippen molar-refractivity contribution in [2.24, 2.45) is 0 Å². The first kappa shape index (κ1) is 12.5. The molecule has 0 saturated heterocycles. The van der Waals surface area contributed by atoms with Gasteiger partial charge in [-0.25, -0.2) is 9.37 Å². The van der Waals surface area contributed by atoms with E-state index in [1.165, 1.54) is 24.4 Å². The highest BCUT2D eigenvalue weighted by Crippen LogP contribution is 2.17. The largest absolute Gasteiger partial charge is 0.396 e. The monoisotopic (exact) mass is 309 g/mol. The summed E-state index contributed by atoms with van der Waals surface area (Å²) in [6.07, 6.45) is 1.52. The average Bonchev–Trinajstić information content (AvgIpc) is 2.34. The Labute approximate surface area is 111 Å². The smallest absolute Gasteiger partial charge is 0.274 e. The average molecular weight is 310 g/mol. The Morgan fingerprint density at radius 1 is 1.33 bits per heavy atom. The summed E-state index contributed by atoms with van der Waals surface area (Å²) < 4.78 is 13.7. The van der Waals surface area contributed by atoms with Crippen molar-refractivity contribution in [2.75, 3.05) is 11.1 Å². The third-order valence-electron chi connectivity index (χ3n) is 2.21. The minimum atomic E-state index is -0.519. The van der Waals surface area contributed by atoms with Crippen LogP contribution in [0.4, 0.5) is 15.8 Å². The highest BCUT2D eigenvalue weighted by Gasteiger charge is 2.08. The van der Waals surface area contributed by atoms with Crippen LogP contribution < -0.4 is 11.1 Å². The van der Waals surface area contributed by atoms with Gasteiger partial charge in [0.1, 0.15) is 11.5 Å². The zero-order valence-corrected chi connectivity index (χ0v) is 10.7. The van der Waals surface area contributed by atoms with Crippen LogP contribution in [0.25, 0.3) is 0 Å². The van der Waals surface area contributed by atoms with Gasteiger partial charge in [0.15, 0.2) is 0 Å². The molecule has 0 aliphatic heterocycles. The lowest BCUT2D eigenvalue weighted by atomic mass is 10.2. The molecule has 1 amide bonds. The molecule has 4 nitrogen and oxygen atoms in total. The number of aromatic nitrogens is 1. The lowest BCUT2D eigenvalue weighted by Crippen LogP contribution is -2.13. The second-order valence-electron chi connectivity index (χ2n) is 3.55. The van der Waals surface area contributed by atoms with Gasteiger partial charge in [-0.3, -0.25) is 4.79 Å². The number of nitrogen functional groups attached to an aromatic ring is 1. The fourth-order valence-electron chi connectivity index (χ4n) is 1.33. The summed E-state index contributed by atoms with van der Waals surface area (Å²) in [4.78, 5) is 15.7. The molecule has 92 valence electrons. The number of carbonyl (C=O) groups excluding carboxylic acids is 1. The number of nitrogens with one attached hydrogen (secondary N) is 1. The van der Waals surface area contributed by atoms with Crippen LogP contribution in [0.2, 0.25) is 0 Å². The highest BCUT2D eigenvalue weighted by molar-refractivity contribution is 9.10. The van der Waals surface area contributed by atoms with Crippen LogP contribution in [0.5, 0.6) is 0 Å². The molecule has 0 aliphatic carbocycles. The van der Waals surface area contributed by atoms with E-state index in [4.69, 9.17) is 5.73 Å². The van der Waals surface area contributed by atoms with Gasteiger partial charge in [-0.15, -0.1) is 0 Å². The van der Waals surface area contributed by atoms with Crippen molar-refractivity contribution in [1.29, 1.82) is 0 Å². The summed E-state index contributed by atoms with van der Waals surface area (Å²) in [5.41, 5.74) is 6.07. The number of pyridine rings is 1. The van der Waals surface area contributed by atoms with E-state index in [1.54, 1.807) is 12.1 Å². The molecular weight excluding hydrogens is 301 g/mol. The first-order chi connectivity index (χ1) is 8.56. The molecule has 0 atom stereocenters. The predicted molar refractivity (Wildman–Crippen MR) is 70.7 cm³/mol. The van der Waals surface area contributed by atoms with Crippen LogP contribution in [-0.2, 0) is 0 Å². The Morgan fingerprint density at radius 2 is 2.11 bits per heavy atom. The molecule has 6 heteroatoms. The van der Waals surface area contributed by atoms with Crippen molar-refractivity contribution in [3.8, 4) is 0 Å². The van der Waals surface area contributed by atoms with Crippen molar-refractivity contribution in [1.82, 2.24) is 4.98 Å². The number of hydrogen-bond acceptors (Lipinski definition) is 3. The lowest BCUT2D eigenvalue weighted by Gasteiger charge is -2.06. The van der Waals surface area contributed by atoms with Gasteiger partial charge in [0.05, 0.1) is 5.69 Å². The van der Waals surface area contributed by atoms with E-state index in [-0.39, 0.29) is 17.3 Å². The summed E-state index contributed by atoms with van der Waals surface area (Å²) in [6, 6.07) is 7.27. The summed E-state index contributed by atoms with van der Waals surface area (Å²) >= 11 is 3.23. The zero-order chi connectivity index (χ0) is 13.1. The van der Waals surface area contributed by atoms with Crippen LogP contribution in [0.15, 0.2) is 41.0 Å². The Balaban J connectivity index is 2.16. The van der Waals surface area contributed by atoms with Crippen molar-refractivity contribution in [3.05, 3.63) is 52.5 Å². The SMILES string of the molecule is Nc1cc(NC(=O)c2ccc(Br)cn2)ccc1F. The van der Waals surface area contributed by atoms with E-state index in [2.05, 4.69) is 26.2 Å². The maximum absolute atomic E-state index is 12.9. The maximum Gasteiger partial charge on any atom is 0.274 e. The number of nitrogens with two attached hydrogens (primary N) is 1. The highest BCUT2D eigenvalue weighted by atomic mass is 79.9. The van der Waals surface area contributed by atoms with Gasteiger partial charge in [0.25, 0.3) is 5.91 Å². The zero-order valence-electron chi connectivity index (χ0n) is 9.15. The van der Waals surface area contributed by atoms with E-state index in [9.17, 15) is 9.18 Å². The third-order valence-corrected chi connectivity index (χ3v) is 2.68. The molecule has 1 aromatic carbocycles. The number of carbonyl (C=O) groups is 1. The molecular formula is C12H9BrFN3O. The van der Waals surface area contributed by atoms with Crippen molar-refractivity contribution in [3.63, 3.8) is 0 Å². The summed E-state index contributed by atoms with van der Waals surface area (Å²) in [5.74, 6) is -0.900. The molecule has 1 aromatic heterocycles. The van der Waals surface area contributed by atoms with Gasteiger partial charge in [0, 0.05) is 16.4 Å². The fraction of sp³-hybridized carbons (Fsp3) is 0. The number of rotatable bonds is 2. The number of hydrogen-bond donors (Lipinski definition) is 2. The van der Waals surface area contributed by atoms with Crippen LogP contribution in [0.3, 0.4) is 0 Å². The second kappa shape index (κ2) is 5.14. The Bertz CT molecular complexity index is 586. The molecule has 0 unspecified atom stereocenters. The normalized spacial score (nSPS) is 10.1. The molecule has 2 rings (SSSR count). The number of benzene rings is 1. The minimum Gasteiger partial charge on any atom is -0.396 e. The van der Waals surface area contributed by atoms with Crippen LogP contribution in [0, 0.1) is 5.82 Å². The van der Waals surface area contributed by atoms with E-state index in [0.29, 0.717) is 5.69 Å². The van der Waals surface area contributed by atoms with E-state index in [0.717, 1.165) is 4.47 Å². The molecule has 1 heterocycles. The Morgan fingerprint density at radius 3 is 2.72 bits per heavy atom. The topological polar surface area (TPSA) is 68.0 Å². The lowest BCUT2D eigenvalue weighted by molar-refractivity contribution is 0.102. The number of halogens is 2. The van der Waals surface area contributed by atoms with Crippen molar-refractivity contribution >= 4 is 33.2 Å². The van der Waals surface area contributed by atoms with Crippen molar-refractivity contribution in [2.45, 2.75) is 0 Å². The fourth-order valence-corrected chi connectivity index (χ4v) is 1.56. The van der Waals surface area contributed by atoms with Gasteiger partial charge in [0.2, 0.25) is 0 Å². The second-order valence-corrected chi connectivity index (χ2v) is 4.47. The van der Waals surface area contributed by atoms with Crippen LogP contribution in [-0.4, -0.2) is 10.9 Å².